The summed E-state index contributed by atoms with van der Waals surface area (Å²) in [5.74, 6) is -0.0142. The summed E-state index contributed by atoms with van der Waals surface area (Å²) < 4.78 is 5.38. The third kappa shape index (κ3) is 2.73. The molecular weight excluding hydrogens is 307 g/mol. The fourth-order valence-corrected chi connectivity index (χ4v) is 1.78. The van der Waals surface area contributed by atoms with E-state index in [-0.39, 0.29) is 33.2 Å². The smallest absolute Gasteiger partial charge is 0.373 e. The highest BCUT2D eigenvalue weighted by atomic mass is 35.5. The van der Waals surface area contributed by atoms with Crippen LogP contribution in [-0.2, 0) is 0 Å². The Morgan fingerprint density at radius 3 is 2.75 bits per heavy atom. The van der Waals surface area contributed by atoms with E-state index in [9.17, 15) is 10.1 Å². The number of rotatable bonds is 4. The van der Waals surface area contributed by atoms with Crippen LogP contribution in [-0.4, -0.2) is 21.9 Å². The number of hydrogen-bond acceptors (Lipinski definition) is 6. The van der Waals surface area contributed by atoms with Crippen molar-refractivity contribution in [1.82, 2.24) is 9.97 Å². The van der Waals surface area contributed by atoms with E-state index in [1.54, 1.807) is 12.1 Å². The lowest BCUT2D eigenvalue weighted by Gasteiger charge is -2.09. The van der Waals surface area contributed by atoms with Crippen LogP contribution < -0.4 is 10.1 Å². The number of ether oxygens (including phenoxy) is 1. The van der Waals surface area contributed by atoms with Crippen molar-refractivity contribution in [3.8, 4) is 11.6 Å². The first-order valence-electron chi connectivity index (χ1n) is 5.33. The summed E-state index contributed by atoms with van der Waals surface area (Å²) in [6.45, 7) is 0. The number of nitrogens with zero attached hydrogens (tertiary/aromatic N) is 3. The molecule has 20 heavy (non-hydrogen) atoms. The number of nitrogens with one attached hydrogen (secondary N) is 1. The molecule has 1 aromatic heterocycles. The monoisotopic (exact) mass is 314 g/mol. The Bertz CT molecular complexity index is 666. The van der Waals surface area contributed by atoms with Crippen molar-refractivity contribution in [2.24, 2.45) is 0 Å². The van der Waals surface area contributed by atoms with Gasteiger partial charge < -0.3 is 10.1 Å². The Morgan fingerprint density at radius 2 is 2.10 bits per heavy atom. The van der Waals surface area contributed by atoms with E-state index in [2.05, 4.69) is 15.3 Å². The lowest BCUT2D eigenvalue weighted by Crippen LogP contribution is -2.03. The lowest BCUT2D eigenvalue weighted by atomic mass is 10.3. The second-order valence-corrected chi connectivity index (χ2v) is 4.32. The molecule has 0 saturated carbocycles. The summed E-state index contributed by atoms with van der Waals surface area (Å²) in [7, 11) is 1.51. The summed E-state index contributed by atoms with van der Waals surface area (Å²) in [5, 5.41) is 14.1. The van der Waals surface area contributed by atoms with Crippen molar-refractivity contribution in [2.75, 3.05) is 12.4 Å². The Kier molecular flexibility index (Phi) is 4.21. The molecule has 0 amide bonds. The molecule has 1 heterocycles. The lowest BCUT2D eigenvalue weighted by molar-refractivity contribution is -0.385. The van der Waals surface area contributed by atoms with Gasteiger partial charge in [-0.05, 0) is 12.1 Å². The summed E-state index contributed by atoms with van der Waals surface area (Å²) >= 11 is 11.8. The largest absolute Gasteiger partial charge is 0.432 e. The Balaban J connectivity index is 2.48. The van der Waals surface area contributed by atoms with Gasteiger partial charge in [0, 0.05) is 7.05 Å². The van der Waals surface area contributed by atoms with Crippen LogP contribution >= 0.6 is 23.2 Å². The van der Waals surface area contributed by atoms with Crippen LogP contribution in [0.15, 0.2) is 24.5 Å². The van der Waals surface area contributed by atoms with Gasteiger partial charge in [0.2, 0.25) is 5.82 Å². The second-order valence-electron chi connectivity index (χ2n) is 3.54. The van der Waals surface area contributed by atoms with Gasteiger partial charge in [0.15, 0.2) is 0 Å². The van der Waals surface area contributed by atoms with E-state index < -0.39 is 4.92 Å². The van der Waals surface area contributed by atoms with E-state index in [4.69, 9.17) is 27.9 Å². The Hall–Kier alpha value is -2.12. The zero-order chi connectivity index (χ0) is 14.7. The molecule has 0 fully saturated rings. The fraction of sp³-hybridized carbons (Fsp3) is 0.0909. The van der Waals surface area contributed by atoms with Crippen LogP contribution in [0.2, 0.25) is 10.0 Å². The molecule has 1 aromatic carbocycles. The van der Waals surface area contributed by atoms with Crippen molar-refractivity contribution < 1.29 is 9.66 Å². The van der Waals surface area contributed by atoms with Gasteiger partial charge in [0.1, 0.15) is 17.1 Å². The average molecular weight is 315 g/mol. The molecule has 2 aromatic rings. The van der Waals surface area contributed by atoms with Gasteiger partial charge in [0.25, 0.3) is 0 Å². The van der Waals surface area contributed by atoms with Crippen LogP contribution in [0.1, 0.15) is 0 Å². The molecule has 0 bridgehead atoms. The van der Waals surface area contributed by atoms with Gasteiger partial charge in [-0.25, -0.2) is 4.98 Å². The Morgan fingerprint density at radius 1 is 1.35 bits per heavy atom. The third-order valence-corrected chi connectivity index (χ3v) is 3.13. The number of hydrogen-bond donors (Lipinski definition) is 1. The third-order valence-electron chi connectivity index (χ3n) is 2.33. The fourth-order valence-electron chi connectivity index (χ4n) is 1.45. The van der Waals surface area contributed by atoms with Crippen molar-refractivity contribution in [2.45, 2.75) is 0 Å². The van der Waals surface area contributed by atoms with E-state index >= 15 is 0 Å². The Labute approximate surface area is 123 Å². The van der Waals surface area contributed by atoms with Crippen molar-refractivity contribution in [3.05, 3.63) is 44.7 Å². The molecule has 9 heteroatoms. The van der Waals surface area contributed by atoms with Gasteiger partial charge in [-0.15, -0.1) is 0 Å². The standard InChI is InChI=1S/C11H8Cl2N4O3/c1-14-10-9(17(18)19)11(16-5-15-10)20-7-4-2-3-6(12)8(7)13/h2-5H,1H3,(H,14,15,16). The normalized spacial score (nSPS) is 10.2. The van der Waals surface area contributed by atoms with E-state index in [0.717, 1.165) is 6.33 Å². The van der Waals surface area contributed by atoms with Crippen LogP contribution in [0, 0.1) is 10.1 Å². The van der Waals surface area contributed by atoms with E-state index in [1.807, 2.05) is 0 Å². The zero-order valence-electron chi connectivity index (χ0n) is 10.1. The molecule has 0 radical (unpaired) electrons. The van der Waals surface area contributed by atoms with Crippen molar-refractivity contribution in [3.63, 3.8) is 0 Å². The predicted octanol–water partition coefficient (Wildman–Crippen LogP) is 3.53. The number of aromatic nitrogens is 2. The average Bonchev–Trinajstić information content (AvgIpc) is 2.43. The van der Waals surface area contributed by atoms with Crippen molar-refractivity contribution in [1.29, 1.82) is 0 Å². The highest BCUT2D eigenvalue weighted by Gasteiger charge is 2.25. The van der Waals surface area contributed by atoms with Crippen molar-refractivity contribution >= 4 is 34.7 Å². The highest BCUT2D eigenvalue weighted by Crippen LogP contribution is 2.38. The first-order valence-corrected chi connectivity index (χ1v) is 6.09. The summed E-state index contributed by atoms with van der Waals surface area (Å²) in [6, 6.07) is 4.71. The van der Waals surface area contributed by atoms with Crippen LogP contribution in [0.5, 0.6) is 11.6 Å². The minimum absolute atomic E-state index is 0.0400. The number of anilines is 1. The van der Waals surface area contributed by atoms with Gasteiger partial charge in [-0.3, -0.25) is 10.1 Å². The molecule has 0 saturated heterocycles. The summed E-state index contributed by atoms with van der Waals surface area (Å²) in [4.78, 5) is 18.0. The minimum Gasteiger partial charge on any atom is -0.432 e. The first-order chi connectivity index (χ1) is 9.54. The van der Waals surface area contributed by atoms with Gasteiger partial charge >= 0.3 is 11.6 Å². The summed E-state index contributed by atoms with van der Waals surface area (Å²) in [5.41, 5.74) is -0.383. The molecule has 0 aliphatic rings. The van der Waals surface area contributed by atoms with Gasteiger partial charge in [-0.1, -0.05) is 29.3 Å². The van der Waals surface area contributed by atoms with Crippen LogP contribution in [0.3, 0.4) is 0 Å². The maximum atomic E-state index is 11.1. The predicted molar refractivity (Wildman–Crippen MR) is 74.8 cm³/mol. The molecule has 2 rings (SSSR count). The topological polar surface area (TPSA) is 90.2 Å². The van der Waals surface area contributed by atoms with Gasteiger partial charge in [0.05, 0.1) is 9.95 Å². The molecule has 0 unspecified atom stereocenters. The molecule has 7 nitrogen and oxygen atoms in total. The molecule has 0 atom stereocenters. The molecule has 0 aliphatic carbocycles. The first kappa shape index (κ1) is 14.3. The molecule has 0 aliphatic heterocycles. The quantitative estimate of drug-likeness (QED) is 0.685. The second kappa shape index (κ2) is 5.89. The van der Waals surface area contributed by atoms with Crippen LogP contribution in [0.4, 0.5) is 11.5 Å². The highest BCUT2D eigenvalue weighted by molar-refractivity contribution is 6.42. The minimum atomic E-state index is -0.639. The molecule has 0 spiro atoms. The molecule has 104 valence electrons. The summed E-state index contributed by atoms with van der Waals surface area (Å²) in [6.07, 6.45) is 1.15. The zero-order valence-corrected chi connectivity index (χ0v) is 11.6. The number of nitro groups is 1. The maximum Gasteiger partial charge on any atom is 0.373 e. The number of halogens is 2. The SMILES string of the molecule is CNc1ncnc(Oc2cccc(Cl)c2Cl)c1[N+](=O)[O-]. The number of benzene rings is 1. The van der Waals surface area contributed by atoms with Gasteiger partial charge in [-0.2, -0.15) is 4.98 Å². The van der Waals surface area contributed by atoms with Crippen LogP contribution in [0.25, 0.3) is 0 Å². The molecule has 1 N–H and O–H groups in total. The van der Waals surface area contributed by atoms with E-state index in [1.165, 1.54) is 13.1 Å². The maximum absolute atomic E-state index is 11.1. The van der Waals surface area contributed by atoms with E-state index in [0.29, 0.717) is 0 Å². The molecular formula is C11H8Cl2N4O3.